The first-order valence-electron chi connectivity index (χ1n) is 7.52. The van der Waals surface area contributed by atoms with Gasteiger partial charge in [-0.2, -0.15) is 0 Å². The molecule has 7 nitrogen and oxygen atoms in total. The highest BCUT2D eigenvalue weighted by atomic mass is 16.5. The lowest BCUT2D eigenvalue weighted by Gasteiger charge is -2.16. The van der Waals surface area contributed by atoms with Gasteiger partial charge in [-0.25, -0.2) is 0 Å². The highest BCUT2D eigenvalue weighted by Crippen LogP contribution is 2.38. The van der Waals surface area contributed by atoms with E-state index in [4.69, 9.17) is 14.2 Å². The Hall–Kier alpha value is -3.22. The molecule has 0 aliphatic rings. The highest BCUT2D eigenvalue weighted by molar-refractivity contribution is 6.00. The molecule has 132 valence electrons. The van der Waals surface area contributed by atoms with E-state index >= 15 is 0 Å². The molecule has 0 aromatic heterocycles. The van der Waals surface area contributed by atoms with Crippen LogP contribution in [0.5, 0.6) is 17.2 Å². The summed E-state index contributed by atoms with van der Waals surface area (Å²) in [6.45, 7) is -0.188. The number of benzene rings is 2. The average Bonchev–Trinajstić information content (AvgIpc) is 2.66. The Kier molecular flexibility index (Phi) is 6.22. The summed E-state index contributed by atoms with van der Waals surface area (Å²) in [4.78, 5) is 24.1. The molecule has 0 saturated heterocycles. The molecular weight excluding hydrogens is 324 g/mol. The van der Waals surface area contributed by atoms with Crippen LogP contribution in [0.4, 0.5) is 5.69 Å². The van der Waals surface area contributed by atoms with Crippen LogP contribution in [0.1, 0.15) is 10.4 Å². The zero-order valence-corrected chi connectivity index (χ0v) is 14.3. The summed E-state index contributed by atoms with van der Waals surface area (Å²) in [5.74, 6) is 0.567. The molecule has 2 N–H and O–H groups in total. The molecule has 2 rings (SSSR count). The van der Waals surface area contributed by atoms with Crippen molar-refractivity contribution in [3.8, 4) is 17.2 Å². The van der Waals surface area contributed by atoms with Crippen LogP contribution in [0.3, 0.4) is 0 Å². The predicted molar refractivity (Wildman–Crippen MR) is 93.5 cm³/mol. The van der Waals surface area contributed by atoms with Crippen LogP contribution in [-0.4, -0.2) is 39.7 Å². The van der Waals surface area contributed by atoms with Crippen LogP contribution in [0.15, 0.2) is 42.5 Å². The Morgan fingerprint density at radius 3 is 2.04 bits per heavy atom. The largest absolute Gasteiger partial charge is 0.496 e. The van der Waals surface area contributed by atoms with Crippen LogP contribution in [-0.2, 0) is 4.79 Å². The van der Waals surface area contributed by atoms with Crippen molar-refractivity contribution < 1.29 is 23.8 Å². The molecule has 0 unspecified atom stereocenters. The number of ether oxygens (including phenoxy) is 3. The van der Waals surface area contributed by atoms with E-state index in [-0.39, 0.29) is 12.5 Å². The number of carbonyl (C=O) groups is 2. The Balaban J connectivity index is 2.06. The number of hydrogen-bond donors (Lipinski definition) is 2. The molecule has 0 spiro atoms. The fourth-order valence-electron chi connectivity index (χ4n) is 2.16. The Morgan fingerprint density at radius 1 is 0.920 bits per heavy atom. The van der Waals surface area contributed by atoms with E-state index in [1.165, 1.54) is 21.3 Å². The number of anilines is 1. The third-order valence-corrected chi connectivity index (χ3v) is 3.42. The lowest BCUT2D eigenvalue weighted by molar-refractivity contribution is -0.115. The minimum atomic E-state index is -0.411. The molecular formula is C18H20N2O5. The van der Waals surface area contributed by atoms with Gasteiger partial charge in [-0.15, -0.1) is 0 Å². The van der Waals surface area contributed by atoms with Gasteiger partial charge in [0, 0.05) is 17.7 Å². The van der Waals surface area contributed by atoms with Crippen molar-refractivity contribution >= 4 is 17.5 Å². The van der Waals surface area contributed by atoms with Crippen molar-refractivity contribution in [2.24, 2.45) is 0 Å². The van der Waals surface area contributed by atoms with E-state index < -0.39 is 5.91 Å². The molecule has 2 amide bonds. The number of rotatable bonds is 7. The molecule has 0 atom stereocenters. The van der Waals surface area contributed by atoms with E-state index in [0.717, 1.165) is 0 Å². The number of amides is 2. The summed E-state index contributed by atoms with van der Waals surface area (Å²) >= 11 is 0. The topological polar surface area (TPSA) is 85.9 Å². The normalized spacial score (nSPS) is 9.88. The van der Waals surface area contributed by atoms with Gasteiger partial charge in [0.05, 0.1) is 27.9 Å². The summed E-state index contributed by atoms with van der Waals surface area (Å²) < 4.78 is 15.7. The van der Waals surface area contributed by atoms with Gasteiger partial charge in [-0.1, -0.05) is 18.2 Å². The van der Waals surface area contributed by atoms with Gasteiger partial charge in [0.2, 0.25) is 5.91 Å². The third kappa shape index (κ3) is 4.63. The van der Waals surface area contributed by atoms with Crippen LogP contribution in [0.25, 0.3) is 0 Å². The Bertz CT molecular complexity index is 721. The average molecular weight is 344 g/mol. The van der Waals surface area contributed by atoms with Gasteiger partial charge in [0.25, 0.3) is 5.91 Å². The van der Waals surface area contributed by atoms with Crippen LogP contribution in [0, 0.1) is 0 Å². The molecule has 0 radical (unpaired) electrons. The first-order chi connectivity index (χ1) is 12.1. The van der Waals surface area contributed by atoms with Crippen LogP contribution >= 0.6 is 0 Å². The SMILES string of the molecule is COc1cc(OC)c(NC(=O)CNC(=O)c2ccccc2)c(OC)c1. The maximum atomic E-state index is 12.2. The van der Waals surface area contributed by atoms with Gasteiger partial charge in [-0.3, -0.25) is 9.59 Å². The second-order valence-electron chi connectivity index (χ2n) is 5.00. The van der Waals surface area contributed by atoms with E-state index in [9.17, 15) is 9.59 Å². The minimum Gasteiger partial charge on any atom is -0.496 e. The van der Waals surface area contributed by atoms with Gasteiger partial charge in [-0.05, 0) is 12.1 Å². The van der Waals surface area contributed by atoms with Crippen molar-refractivity contribution in [3.63, 3.8) is 0 Å². The quantitative estimate of drug-likeness (QED) is 0.803. The summed E-state index contributed by atoms with van der Waals surface area (Å²) in [7, 11) is 4.47. The standard InChI is InChI=1S/C18H20N2O5/c1-23-13-9-14(24-2)17(15(10-13)25-3)20-16(21)11-19-18(22)12-7-5-4-6-8-12/h4-10H,11H2,1-3H3,(H,19,22)(H,20,21). The number of nitrogens with one attached hydrogen (secondary N) is 2. The van der Waals surface area contributed by atoms with Crippen molar-refractivity contribution in [1.29, 1.82) is 0 Å². The second-order valence-corrected chi connectivity index (χ2v) is 5.00. The van der Waals surface area contributed by atoms with Crippen molar-refractivity contribution in [2.75, 3.05) is 33.2 Å². The van der Waals surface area contributed by atoms with E-state index in [2.05, 4.69) is 10.6 Å². The third-order valence-electron chi connectivity index (χ3n) is 3.42. The number of carbonyl (C=O) groups excluding carboxylic acids is 2. The zero-order valence-electron chi connectivity index (χ0n) is 14.3. The molecule has 0 bridgehead atoms. The summed E-state index contributed by atoms with van der Waals surface area (Å²) in [5, 5.41) is 5.24. The van der Waals surface area contributed by atoms with Crippen molar-refractivity contribution in [3.05, 3.63) is 48.0 Å². The molecule has 2 aromatic rings. The fourth-order valence-corrected chi connectivity index (χ4v) is 2.16. The monoisotopic (exact) mass is 344 g/mol. The maximum absolute atomic E-state index is 12.2. The Morgan fingerprint density at radius 2 is 1.52 bits per heavy atom. The molecule has 0 heterocycles. The van der Waals surface area contributed by atoms with E-state index in [0.29, 0.717) is 28.5 Å². The molecule has 0 saturated carbocycles. The number of hydrogen-bond acceptors (Lipinski definition) is 5. The number of methoxy groups -OCH3 is 3. The Labute approximate surface area is 145 Å². The summed E-state index contributed by atoms with van der Waals surface area (Å²) in [6, 6.07) is 11.9. The smallest absolute Gasteiger partial charge is 0.251 e. The van der Waals surface area contributed by atoms with Gasteiger partial charge >= 0.3 is 0 Å². The fraction of sp³-hybridized carbons (Fsp3) is 0.222. The second kappa shape index (κ2) is 8.58. The van der Waals surface area contributed by atoms with E-state index in [1.807, 2.05) is 6.07 Å². The van der Waals surface area contributed by atoms with Crippen molar-refractivity contribution in [1.82, 2.24) is 5.32 Å². The molecule has 2 aromatic carbocycles. The first-order valence-corrected chi connectivity index (χ1v) is 7.52. The molecule has 0 aliphatic carbocycles. The zero-order chi connectivity index (χ0) is 18.2. The lowest BCUT2D eigenvalue weighted by Crippen LogP contribution is -2.33. The molecule has 7 heteroatoms. The van der Waals surface area contributed by atoms with Crippen LogP contribution < -0.4 is 24.8 Å². The first kappa shape index (κ1) is 18.1. The minimum absolute atomic E-state index is 0.188. The van der Waals surface area contributed by atoms with Gasteiger partial charge in [0.15, 0.2) is 0 Å². The summed E-state index contributed by atoms with van der Waals surface area (Å²) in [6.07, 6.45) is 0. The van der Waals surface area contributed by atoms with Gasteiger partial charge < -0.3 is 24.8 Å². The van der Waals surface area contributed by atoms with E-state index in [1.54, 1.807) is 36.4 Å². The van der Waals surface area contributed by atoms with Gasteiger partial charge in [0.1, 0.15) is 22.9 Å². The van der Waals surface area contributed by atoms with Crippen LogP contribution in [0.2, 0.25) is 0 Å². The lowest BCUT2D eigenvalue weighted by atomic mass is 10.2. The van der Waals surface area contributed by atoms with Crippen molar-refractivity contribution in [2.45, 2.75) is 0 Å². The molecule has 25 heavy (non-hydrogen) atoms. The molecule has 0 aliphatic heterocycles. The predicted octanol–water partition coefficient (Wildman–Crippen LogP) is 2.08. The highest BCUT2D eigenvalue weighted by Gasteiger charge is 2.16. The maximum Gasteiger partial charge on any atom is 0.251 e. The molecule has 0 fully saturated rings. The summed E-state index contributed by atoms with van der Waals surface area (Å²) in [5.41, 5.74) is 0.847.